The zero-order valence-corrected chi connectivity index (χ0v) is 12.4. The molecule has 0 aliphatic heterocycles. The number of hydrogen-bond donors (Lipinski definition) is 1. The molecule has 0 unspecified atom stereocenters. The van der Waals surface area contributed by atoms with Gasteiger partial charge in [-0.25, -0.2) is 0 Å². The van der Waals surface area contributed by atoms with Gasteiger partial charge < -0.3 is 5.73 Å². The highest BCUT2D eigenvalue weighted by Crippen LogP contribution is 2.25. The van der Waals surface area contributed by atoms with E-state index in [1.165, 1.54) is 37.1 Å². The van der Waals surface area contributed by atoms with E-state index in [9.17, 15) is 0 Å². The molecule has 104 valence electrons. The SMILES string of the molecule is CCc1cc(CC)n(CC2CCC(N)CC2)n1.Cl. The van der Waals surface area contributed by atoms with Crippen LogP contribution in [0.5, 0.6) is 0 Å². The molecule has 0 atom stereocenters. The predicted octanol–water partition coefficient (Wildman–Crippen LogP) is 2.95. The molecule has 0 spiro atoms. The Kier molecular flexibility index (Phi) is 6.16. The van der Waals surface area contributed by atoms with Crippen molar-refractivity contribution in [1.29, 1.82) is 0 Å². The molecule has 1 aromatic heterocycles. The van der Waals surface area contributed by atoms with E-state index in [0.717, 1.165) is 25.3 Å². The lowest BCUT2D eigenvalue weighted by Gasteiger charge is -2.26. The Balaban J connectivity index is 0.00000162. The van der Waals surface area contributed by atoms with Crippen LogP contribution in [0, 0.1) is 5.92 Å². The van der Waals surface area contributed by atoms with Gasteiger partial charge in [0, 0.05) is 18.3 Å². The lowest BCUT2D eigenvalue weighted by Crippen LogP contribution is -2.28. The van der Waals surface area contributed by atoms with Crippen molar-refractivity contribution in [2.24, 2.45) is 11.7 Å². The highest BCUT2D eigenvalue weighted by molar-refractivity contribution is 5.85. The molecule has 0 bridgehead atoms. The number of nitrogens with two attached hydrogens (primary N) is 1. The normalized spacial score (nSPS) is 23.7. The molecule has 4 heteroatoms. The fourth-order valence-corrected chi connectivity index (χ4v) is 2.75. The third-order valence-corrected chi connectivity index (χ3v) is 3.96. The summed E-state index contributed by atoms with van der Waals surface area (Å²) in [5.74, 6) is 0.782. The van der Waals surface area contributed by atoms with Gasteiger partial charge in [0.15, 0.2) is 0 Å². The summed E-state index contributed by atoms with van der Waals surface area (Å²) in [6.45, 7) is 5.48. The van der Waals surface area contributed by atoms with Crippen LogP contribution >= 0.6 is 12.4 Å². The summed E-state index contributed by atoms with van der Waals surface area (Å²) in [6, 6.07) is 2.70. The summed E-state index contributed by atoms with van der Waals surface area (Å²) in [5, 5.41) is 4.70. The lowest BCUT2D eigenvalue weighted by atomic mass is 9.86. The van der Waals surface area contributed by atoms with E-state index in [1.807, 2.05) is 0 Å². The Morgan fingerprint density at radius 3 is 2.44 bits per heavy atom. The Hall–Kier alpha value is -0.540. The minimum absolute atomic E-state index is 0. The second-order valence-corrected chi connectivity index (χ2v) is 5.30. The van der Waals surface area contributed by atoms with Crippen LogP contribution in [0.1, 0.15) is 50.9 Å². The monoisotopic (exact) mass is 271 g/mol. The zero-order chi connectivity index (χ0) is 12.3. The number of rotatable bonds is 4. The molecule has 1 heterocycles. The molecule has 1 aliphatic rings. The van der Waals surface area contributed by atoms with Crippen molar-refractivity contribution < 1.29 is 0 Å². The standard InChI is InChI=1S/C14H25N3.ClH/c1-3-13-9-14(4-2)17(16-13)10-11-5-7-12(15)8-6-11;/h9,11-12H,3-8,10,15H2,1-2H3;1H. The molecular weight excluding hydrogens is 246 g/mol. The average molecular weight is 272 g/mol. The predicted molar refractivity (Wildman–Crippen MR) is 78.2 cm³/mol. The Labute approximate surface area is 117 Å². The molecule has 0 amide bonds. The summed E-state index contributed by atoms with van der Waals surface area (Å²) in [6.07, 6.45) is 7.04. The number of hydrogen-bond acceptors (Lipinski definition) is 2. The Morgan fingerprint density at radius 1 is 1.22 bits per heavy atom. The van der Waals surface area contributed by atoms with Crippen molar-refractivity contribution in [3.8, 4) is 0 Å². The summed E-state index contributed by atoms with van der Waals surface area (Å²) in [7, 11) is 0. The second-order valence-electron chi connectivity index (χ2n) is 5.30. The topological polar surface area (TPSA) is 43.8 Å². The highest BCUT2D eigenvalue weighted by atomic mass is 35.5. The zero-order valence-electron chi connectivity index (χ0n) is 11.6. The van der Waals surface area contributed by atoms with E-state index < -0.39 is 0 Å². The van der Waals surface area contributed by atoms with Gasteiger partial charge in [-0.3, -0.25) is 4.68 Å². The van der Waals surface area contributed by atoms with Crippen LogP contribution in [0.2, 0.25) is 0 Å². The first-order valence-corrected chi connectivity index (χ1v) is 7.04. The molecule has 18 heavy (non-hydrogen) atoms. The maximum absolute atomic E-state index is 5.95. The van der Waals surface area contributed by atoms with Gasteiger partial charge in [-0.15, -0.1) is 12.4 Å². The fraction of sp³-hybridized carbons (Fsp3) is 0.786. The summed E-state index contributed by atoms with van der Waals surface area (Å²) >= 11 is 0. The van der Waals surface area contributed by atoms with Crippen molar-refractivity contribution in [1.82, 2.24) is 9.78 Å². The van der Waals surface area contributed by atoms with Gasteiger partial charge in [0.1, 0.15) is 0 Å². The minimum Gasteiger partial charge on any atom is -0.328 e. The van der Waals surface area contributed by atoms with Gasteiger partial charge in [0.2, 0.25) is 0 Å². The average Bonchev–Trinajstić information content (AvgIpc) is 2.74. The summed E-state index contributed by atoms with van der Waals surface area (Å²) < 4.78 is 2.24. The van der Waals surface area contributed by atoms with Crippen LogP contribution in [0.15, 0.2) is 6.07 Å². The van der Waals surface area contributed by atoms with Crippen LogP contribution in [-0.4, -0.2) is 15.8 Å². The van der Waals surface area contributed by atoms with E-state index in [-0.39, 0.29) is 12.4 Å². The van der Waals surface area contributed by atoms with Gasteiger partial charge in [-0.1, -0.05) is 13.8 Å². The van der Waals surface area contributed by atoms with Gasteiger partial charge >= 0.3 is 0 Å². The van der Waals surface area contributed by atoms with E-state index in [2.05, 4.69) is 24.6 Å². The van der Waals surface area contributed by atoms with E-state index in [0.29, 0.717) is 6.04 Å². The second kappa shape index (κ2) is 7.15. The van der Waals surface area contributed by atoms with Gasteiger partial charge in [0.25, 0.3) is 0 Å². The largest absolute Gasteiger partial charge is 0.328 e. The third-order valence-electron chi connectivity index (χ3n) is 3.96. The van der Waals surface area contributed by atoms with E-state index in [4.69, 9.17) is 10.8 Å². The molecule has 2 N–H and O–H groups in total. The first-order chi connectivity index (χ1) is 8.22. The minimum atomic E-state index is 0. The van der Waals surface area contributed by atoms with Gasteiger partial charge in [0.05, 0.1) is 5.69 Å². The number of halogens is 1. The van der Waals surface area contributed by atoms with Crippen LogP contribution in [-0.2, 0) is 19.4 Å². The van der Waals surface area contributed by atoms with Crippen molar-refractivity contribution in [3.05, 3.63) is 17.5 Å². The first kappa shape index (κ1) is 15.5. The Bertz CT molecular complexity index is 354. The summed E-state index contributed by atoms with van der Waals surface area (Å²) in [5.41, 5.74) is 8.57. The molecular formula is C14H26ClN3. The molecule has 3 nitrogen and oxygen atoms in total. The molecule has 1 aromatic rings. The molecule has 1 saturated carbocycles. The maximum atomic E-state index is 5.95. The van der Waals surface area contributed by atoms with E-state index in [1.54, 1.807) is 0 Å². The molecule has 1 fully saturated rings. The molecule has 0 saturated heterocycles. The maximum Gasteiger partial charge on any atom is 0.0624 e. The quantitative estimate of drug-likeness (QED) is 0.915. The van der Waals surface area contributed by atoms with Gasteiger partial charge in [-0.2, -0.15) is 5.10 Å². The van der Waals surface area contributed by atoms with E-state index >= 15 is 0 Å². The Morgan fingerprint density at radius 2 is 1.89 bits per heavy atom. The molecule has 1 aliphatic carbocycles. The molecule has 0 radical (unpaired) electrons. The van der Waals surface area contributed by atoms with Crippen molar-refractivity contribution in [2.75, 3.05) is 0 Å². The van der Waals surface area contributed by atoms with Crippen LogP contribution in [0.25, 0.3) is 0 Å². The molecule has 0 aromatic carbocycles. The van der Waals surface area contributed by atoms with Crippen molar-refractivity contribution >= 4 is 12.4 Å². The van der Waals surface area contributed by atoms with Crippen LogP contribution in [0.4, 0.5) is 0 Å². The highest BCUT2D eigenvalue weighted by Gasteiger charge is 2.20. The van der Waals surface area contributed by atoms with Crippen LogP contribution in [0.3, 0.4) is 0 Å². The molecule has 2 rings (SSSR count). The number of nitrogens with zero attached hydrogens (tertiary/aromatic N) is 2. The number of aromatic nitrogens is 2. The van der Waals surface area contributed by atoms with Crippen molar-refractivity contribution in [2.45, 2.75) is 65.0 Å². The third kappa shape index (κ3) is 3.72. The smallest absolute Gasteiger partial charge is 0.0624 e. The fourth-order valence-electron chi connectivity index (χ4n) is 2.75. The van der Waals surface area contributed by atoms with Crippen LogP contribution < -0.4 is 5.73 Å². The summed E-state index contributed by atoms with van der Waals surface area (Å²) in [4.78, 5) is 0. The first-order valence-electron chi connectivity index (χ1n) is 7.04. The lowest BCUT2D eigenvalue weighted by molar-refractivity contribution is 0.283. The number of aryl methyl sites for hydroxylation is 2. The van der Waals surface area contributed by atoms with Crippen molar-refractivity contribution in [3.63, 3.8) is 0 Å². The van der Waals surface area contributed by atoms with Gasteiger partial charge in [-0.05, 0) is 50.5 Å².